The molecule has 0 amide bonds. The van der Waals surface area contributed by atoms with Gasteiger partial charge >= 0.3 is 0 Å². The molecule has 0 radical (unpaired) electrons. The van der Waals surface area contributed by atoms with Crippen molar-refractivity contribution in [2.75, 3.05) is 40.3 Å². The molecule has 1 aliphatic rings. The third-order valence-corrected chi connectivity index (χ3v) is 4.42. The Hall–Kier alpha value is -0.940. The summed E-state index contributed by atoms with van der Waals surface area (Å²) in [5.41, 5.74) is 6.79. The molecule has 1 saturated heterocycles. The van der Waals surface area contributed by atoms with Crippen LogP contribution >= 0.6 is 0 Å². The largest absolute Gasteiger partial charge is 0.394 e. The molecule has 0 spiro atoms. The monoisotopic (exact) mass is 277 g/mol. The van der Waals surface area contributed by atoms with Crippen molar-refractivity contribution in [2.45, 2.75) is 24.4 Å². The average Bonchev–Trinajstić information content (AvgIpc) is 2.48. The second kappa shape index (κ2) is 6.68. The Balaban J connectivity index is 1.98. The normalized spacial score (nSPS) is 21.1. The third kappa shape index (κ3) is 3.58. The first-order valence-corrected chi connectivity index (χ1v) is 7.39. The lowest BCUT2D eigenvalue weighted by Crippen LogP contribution is -2.53. The zero-order valence-corrected chi connectivity index (χ0v) is 12.6. The second-order valence-corrected chi connectivity index (χ2v) is 6.15. The van der Waals surface area contributed by atoms with Gasteiger partial charge in [-0.05, 0) is 45.6 Å². The number of benzene rings is 1. The van der Waals surface area contributed by atoms with Crippen molar-refractivity contribution in [1.82, 2.24) is 9.80 Å². The van der Waals surface area contributed by atoms with Crippen LogP contribution in [0.3, 0.4) is 0 Å². The fraction of sp³-hybridized carbons (Fsp3) is 0.625. The highest BCUT2D eigenvalue weighted by Gasteiger charge is 2.31. The molecule has 1 unspecified atom stereocenters. The van der Waals surface area contributed by atoms with Gasteiger partial charge in [0.05, 0.1) is 12.1 Å². The molecule has 1 heterocycles. The smallest absolute Gasteiger partial charge is 0.0772 e. The van der Waals surface area contributed by atoms with Gasteiger partial charge in [-0.2, -0.15) is 0 Å². The highest BCUT2D eigenvalue weighted by atomic mass is 16.3. The Bertz CT molecular complexity index is 401. The number of nitrogens with zero attached hydrogens (tertiary/aromatic N) is 2. The lowest BCUT2D eigenvalue weighted by molar-refractivity contribution is 0.0952. The fourth-order valence-corrected chi connectivity index (χ4v) is 3.00. The van der Waals surface area contributed by atoms with Gasteiger partial charge in [0, 0.05) is 12.6 Å². The third-order valence-electron chi connectivity index (χ3n) is 4.42. The van der Waals surface area contributed by atoms with E-state index in [9.17, 15) is 5.11 Å². The van der Waals surface area contributed by atoms with Gasteiger partial charge in [-0.3, -0.25) is 0 Å². The van der Waals surface area contributed by atoms with E-state index in [0.29, 0.717) is 12.6 Å². The molecule has 0 bridgehead atoms. The molecule has 1 aromatic carbocycles. The van der Waals surface area contributed by atoms with Gasteiger partial charge in [-0.15, -0.1) is 0 Å². The SMILES string of the molecule is CN(C)C1CCN(CC(N)(CO)c2ccccc2)CC1. The van der Waals surface area contributed by atoms with Gasteiger partial charge in [0.15, 0.2) is 0 Å². The molecule has 1 fully saturated rings. The number of likely N-dealkylation sites (tertiary alicyclic amines) is 1. The van der Waals surface area contributed by atoms with Crippen LogP contribution in [0.15, 0.2) is 30.3 Å². The molecule has 0 aliphatic carbocycles. The number of aliphatic hydroxyl groups is 1. The molecule has 1 aliphatic heterocycles. The summed E-state index contributed by atoms with van der Waals surface area (Å²) in [6.45, 7) is 2.79. The molecule has 1 aromatic rings. The van der Waals surface area contributed by atoms with Gasteiger partial charge < -0.3 is 20.6 Å². The maximum atomic E-state index is 9.75. The molecule has 112 valence electrons. The standard InChI is InChI=1S/C16H27N3O/c1-18(2)15-8-10-19(11-9-15)12-16(17,13-20)14-6-4-3-5-7-14/h3-7,15,20H,8-13,17H2,1-2H3. The van der Waals surface area contributed by atoms with E-state index in [2.05, 4.69) is 23.9 Å². The maximum Gasteiger partial charge on any atom is 0.0772 e. The van der Waals surface area contributed by atoms with Crippen LogP contribution in [0.4, 0.5) is 0 Å². The Morgan fingerprint density at radius 3 is 2.35 bits per heavy atom. The summed E-state index contributed by atoms with van der Waals surface area (Å²) < 4.78 is 0. The minimum absolute atomic E-state index is 0.0232. The van der Waals surface area contributed by atoms with E-state index in [0.717, 1.165) is 18.7 Å². The van der Waals surface area contributed by atoms with E-state index in [1.165, 1.54) is 12.8 Å². The van der Waals surface area contributed by atoms with E-state index in [1.807, 2.05) is 30.3 Å². The number of nitrogens with two attached hydrogens (primary N) is 1. The zero-order chi connectivity index (χ0) is 14.6. The molecule has 0 aromatic heterocycles. The van der Waals surface area contributed by atoms with Crippen molar-refractivity contribution >= 4 is 0 Å². The molecule has 0 saturated carbocycles. The molecule has 20 heavy (non-hydrogen) atoms. The molecular weight excluding hydrogens is 250 g/mol. The van der Waals surface area contributed by atoms with Crippen molar-refractivity contribution in [2.24, 2.45) is 5.73 Å². The number of hydrogen-bond acceptors (Lipinski definition) is 4. The predicted octanol–water partition coefficient (Wildman–Crippen LogP) is 0.859. The van der Waals surface area contributed by atoms with Crippen LogP contribution in [0.2, 0.25) is 0 Å². The van der Waals surface area contributed by atoms with Gasteiger partial charge in [0.25, 0.3) is 0 Å². The lowest BCUT2D eigenvalue weighted by atomic mass is 9.90. The summed E-state index contributed by atoms with van der Waals surface area (Å²) in [4.78, 5) is 4.68. The molecule has 4 heteroatoms. The minimum Gasteiger partial charge on any atom is -0.394 e. The molecule has 4 nitrogen and oxygen atoms in total. The Morgan fingerprint density at radius 1 is 1.25 bits per heavy atom. The first-order valence-electron chi connectivity index (χ1n) is 7.39. The maximum absolute atomic E-state index is 9.75. The molecule has 2 rings (SSSR count). The van der Waals surface area contributed by atoms with Crippen molar-refractivity contribution in [3.05, 3.63) is 35.9 Å². The first-order chi connectivity index (χ1) is 9.55. The number of hydrogen-bond donors (Lipinski definition) is 2. The van der Waals surface area contributed by atoms with E-state index in [4.69, 9.17) is 5.73 Å². The summed E-state index contributed by atoms with van der Waals surface area (Å²) in [7, 11) is 4.29. The van der Waals surface area contributed by atoms with Crippen LogP contribution in [-0.4, -0.2) is 61.3 Å². The minimum atomic E-state index is -0.661. The summed E-state index contributed by atoms with van der Waals surface area (Å²) in [5.74, 6) is 0. The van der Waals surface area contributed by atoms with Crippen molar-refractivity contribution in [3.63, 3.8) is 0 Å². The number of rotatable bonds is 5. The lowest BCUT2D eigenvalue weighted by Gasteiger charge is -2.39. The van der Waals surface area contributed by atoms with E-state index < -0.39 is 5.54 Å². The van der Waals surface area contributed by atoms with Crippen molar-refractivity contribution in [3.8, 4) is 0 Å². The fourth-order valence-electron chi connectivity index (χ4n) is 3.00. The summed E-state index contributed by atoms with van der Waals surface area (Å²) in [5, 5.41) is 9.75. The summed E-state index contributed by atoms with van der Waals surface area (Å²) >= 11 is 0. The van der Waals surface area contributed by atoms with Crippen LogP contribution in [0.5, 0.6) is 0 Å². The molecular formula is C16H27N3O. The molecule has 1 atom stereocenters. The van der Waals surface area contributed by atoms with Gasteiger partial charge in [0.1, 0.15) is 0 Å². The Kier molecular flexibility index (Phi) is 5.16. The van der Waals surface area contributed by atoms with Crippen molar-refractivity contribution in [1.29, 1.82) is 0 Å². The van der Waals surface area contributed by atoms with Gasteiger partial charge in [0.2, 0.25) is 0 Å². The van der Waals surface area contributed by atoms with Crippen molar-refractivity contribution < 1.29 is 5.11 Å². The highest BCUT2D eigenvalue weighted by Crippen LogP contribution is 2.22. The average molecular weight is 277 g/mol. The van der Waals surface area contributed by atoms with E-state index >= 15 is 0 Å². The topological polar surface area (TPSA) is 52.7 Å². The summed E-state index contributed by atoms with van der Waals surface area (Å²) in [6, 6.07) is 10.6. The van der Waals surface area contributed by atoms with Crippen LogP contribution in [0.1, 0.15) is 18.4 Å². The molecule has 3 N–H and O–H groups in total. The summed E-state index contributed by atoms with van der Waals surface area (Å²) in [6.07, 6.45) is 2.34. The first kappa shape index (κ1) is 15.4. The van der Waals surface area contributed by atoms with Gasteiger partial charge in [-0.1, -0.05) is 30.3 Å². The van der Waals surface area contributed by atoms with Gasteiger partial charge in [-0.25, -0.2) is 0 Å². The Morgan fingerprint density at radius 2 is 1.85 bits per heavy atom. The zero-order valence-electron chi connectivity index (χ0n) is 12.6. The van der Waals surface area contributed by atoms with Crippen LogP contribution < -0.4 is 5.73 Å². The van der Waals surface area contributed by atoms with E-state index in [-0.39, 0.29) is 6.61 Å². The predicted molar refractivity (Wildman–Crippen MR) is 82.5 cm³/mol. The Labute approximate surface area is 122 Å². The quantitative estimate of drug-likeness (QED) is 0.838. The van der Waals surface area contributed by atoms with E-state index in [1.54, 1.807) is 0 Å². The highest BCUT2D eigenvalue weighted by molar-refractivity contribution is 5.24. The number of piperidine rings is 1. The number of aliphatic hydroxyl groups excluding tert-OH is 1. The second-order valence-electron chi connectivity index (χ2n) is 6.15. The van der Waals surface area contributed by atoms with Crippen LogP contribution in [-0.2, 0) is 5.54 Å². The van der Waals surface area contributed by atoms with Crippen LogP contribution in [0.25, 0.3) is 0 Å². The van der Waals surface area contributed by atoms with Crippen LogP contribution in [0, 0.1) is 0 Å².